The third kappa shape index (κ3) is 7.58. The van der Waals surface area contributed by atoms with Crippen molar-refractivity contribution in [1.29, 1.82) is 0 Å². The fraction of sp³-hybridized carbons (Fsp3) is 0.469. The summed E-state index contributed by atoms with van der Waals surface area (Å²) in [5, 5.41) is 24.2. The molecule has 1 N–H and O–H groups in total. The average Bonchev–Trinajstić information content (AvgIpc) is 3.88. The number of hydrogen-bond acceptors (Lipinski definition) is 12. The van der Waals surface area contributed by atoms with Gasteiger partial charge < -0.3 is 19.5 Å². The lowest BCUT2D eigenvalue weighted by Gasteiger charge is -2.38. The second-order valence-corrected chi connectivity index (χ2v) is 12.6. The van der Waals surface area contributed by atoms with E-state index in [1.54, 1.807) is 40.3 Å². The predicted octanol–water partition coefficient (Wildman–Crippen LogP) is 4.32. The lowest BCUT2D eigenvalue weighted by atomic mass is 9.90. The number of halogens is 1. The molecule has 1 atom stereocenters. The minimum Gasteiger partial charge on any atom is -0.487 e. The SMILES string of the molecule is C[C@@H](Cn1cnnn1)Oc1cc(-c2cnc(Nc3cn([C@H]4CC[C@H](N5CCOCC5)CC4)nc3OCc3ccnn3C)nc2)ccc1Cl. The molecule has 2 aliphatic rings. The first-order valence-electron chi connectivity index (χ1n) is 16.3. The van der Waals surface area contributed by atoms with E-state index in [1.165, 1.54) is 0 Å². The van der Waals surface area contributed by atoms with Crippen LogP contribution in [0.2, 0.25) is 5.02 Å². The number of rotatable bonds is 12. The first-order chi connectivity index (χ1) is 23.5. The lowest BCUT2D eigenvalue weighted by molar-refractivity contribution is 0.00502. The van der Waals surface area contributed by atoms with Gasteiger partial charge in [-0.1, -0.05) is 17.7 Å². The van der Waals surface area contributed by atoms with Crippen molar-refractivity contribution < 1.29 is 14.2 Å². The van der Waals surface area contributed by atoms with E-state index in [1.807, 2.05) is 43.0 Å². The Bertz CT molecular complexity index is 1760. The number of aryl methyl sites for hydroxylation is 1. The highest BCUT2D eigenvalue weighted by Gasteiger charge is 2.29. The maximum atomic E-state index is 6.46. The summed E-state index contributed by atoms with van der Waals surface area (Å²) in [5.41, 5.74) is 3.34. The zero-order valence-corrected chi connectivity index (χ0v) is 27.8. The molecule has 0 spiro atoms. The number of aromatic nitrogens is 10. The predicted molar refractivity (Wildman–Crippen MR) is 177 cm³/mol. The molecule has 4 aromatic heterocycles. The maximum absolute atomic E-state index is 6.46. The van der Waals surface area contributed by atoms with Gasteiger partial charge in [-0.05, 0) is 66.8 Å². The van der Waals surface area contributed by atoms with Crippen molar-refractivity contribution in [2.75, 3.05) is 31.6 Å². The van der Waals surface area contributed by atoms with Crippen molar-refractivity contribution in [2.45, 2.75) is 63.9 Å². The molecular formula is C32H39ClN12O3. The van der Waals surface area contributed by atoms with Crippen LogP contribution in [0.4, 0.5) is 11.6 Å². The molecule has 7 rings (SSSR count). The van der Waals surface area contributed by atoms with Gasteiger partial charge in [-0.25, -0.2) is 14.6 Å². The molecule has 1 aliphatic heterocycles. The first kappa shape index (κ1) is 32.0. The van der Waals surface area contributed by atoms with Crippen molar-refractivity contribution in [2.24, 2.45) is 7.05 Å². The summed E-state index contributed by atoms with van der Waals surface area (Å²) in [5.74, 6) is 1.48. The Hall–Kier alpha value is -4.60. The molecular weight excluding hydrogens is 636 g/mol. The molecule has 0 amide bonds. The molecule has 252 valence electrons. The number of tetrazole rings is 1. The molecule has 5 heterocycles. The Balaban J connectivity index is 1.04. The normalized spacial score (nSPS) is 19.2. The number of anilines is 2. The fourth-order valence-electron chi connectivity index (χ4n) is 6.29. The summed E-state index contributed by atoms with van der Waals surface area (Å²) in [6.45, 7) is 6.44. The van der Waals surface area contributed by atoms with Gasteiger partial charge in [0, 0.05) is 50.3 Å². The lowest BCUT2D eigenvalue weighted by Crippen LogP contribution is -2.45. The molecule has 15 nitrogen and oxygen atoms in total. The topological polar surface area (TPSA) is 148 Å². The Morgan fingerprint density at radius 1 is 1.04 bits per heavy atom. The van der Waals surface area contributed by atoms with Crippen molar-refractivity contribution in [3.05, 3.63) is 66.1 Å². The van der Waals surface area contributed by atoms with Crippen LogP contribution in [0.1, 0.15) is 44.3 Å². The van der Waals surface area contributed by atoms with Gasteiger partial charge in [0.1, 0.15) is 30.5 Å². The Morgan fingerprint density at radius 3 is 2.56 bits per heavy atom. The van der Waals surface area contributed by atoms with E-state index in [0.717, 1.165) is 68.8 Å². The molecule has 1 saturated heterocycles. The zero-order valence-electron chi connectivity index (χ0n) is 27.0. The van der Waals surface area contributed by atoms with E-state index in [9.17, 15) is 0 Å². The fourth-order valence-corrected chi connectivity index (χ4v) is 6.45. The van der Waals surface area contributed by atoms with Gasteiger partial charge in [-0.15, -0.1) is 10.2 Å². The van der Waals surface area contributed by atoms with Crippen LogP contribution in [0, 0.1) is 0 Å². The quantitative estimate of drug-likeness (QED) is 0.201. The third-order valence-corrected chi connectivity index (χ3v) is 9.22. The summed E-state index contributed by atoms with van der Waals surface area (Å²) >= 11 is 6.46. The average molecular weight is 675 g/mol. The number of hydrogen-bond donors (Lipinski definition) is 1. The van der Waals surface area contributed by atoms with Gasteiger partial charge >= 0.3 is 0 Å². The molecule has 16 heteroatoms. The van der Waals surface area contributed by atoms with Crippen molar-refractivity contribution >= 4 is 23.2 Å². The monoisotopic (exact) mass is 674 g/mol. The standard InChI is InChI=1S/C32H39ClN12O3/c1-22(18-44-21-36-40-41-44)48-30-15-23(3-8-28(30)33)24-16-34-32(35-17-24)38-29-19-45(39-31(29)47-20-27-9-10-37-42(27)2)26-6-4-25(5-7-26)43-11-13-46-14-12-43/h3,8-10,15-17,19,21-22,25-26H,4-7,11-14,18,20H2,1-2H3,(H,34,35,38)/t22-,25-,26-/m0/s1. The number of morpholine rings is 1. The summed E-state index contributed by atoms with van der Waals surface area (Å²) in [6, 6.07) is 8.42. The maximum Gasteiger partial charge on any atom is 0.257 e. The molecule has 5 aromatic rings. The van der Waals surface area contributed by atoms with Crippen LogP contribution >= 0.6 is 11.6 Å². The third-order valence-electron chi connectivity index (χ3n) is 8.91. The van der Waals surface area contributed by atoms with Crippen LogP contribution in [0.15, 0.2) is 55.4 Å². The summed E-state index contributed by atoms with van der Waals surface area (Å²) in [6.07, 6.45) is 13.0. The van der Waals surface area contributed by atoms with Crippen LogP contribution in [0.25, 0.3) is 11.1 Å². The van der Waals surface area contributed by atoms with Crippen LogP contribution in [0.3, 0.4) is 0 Å². The molecule has 0 radical (unpaired) electrons. The van der Waals surface area contributed by atoms with Gasteiger partial charge in [0.15, 0.2) is 0 Å². The van der Waals surface area contributed by atoms with E-state index >= 15 is 0 Å². The van der Waals surface area contributed by atoms with Crippen molar-refractivity contribution in [1.82, 2.24) is 54.6 Å². The molecule has 0 bridgehead atoms. The number of nitrogens with one attached hydrogen (secondary N) is 1. The van der Waals surface area contributed by atoms with Gasteiger partial charge in [-0.3, -0.25) is 14.3 Å². The van der Waals surface area contributed by atoms with Gasteiger partial charge in [-0.2, -0.15) is 5.10 Å². The van der Waals surface area contributed by atoms with E-state index in [2.05, 4.69) is 40.8 Å². The Morgan fingerprint density at radius 2 is 1.83 bits per heavy atom. The Kier molecular flexibility index (Phi) is 9.77. The second-order valence-electron chi connectivity index (χ2n) is 12.2. The highest BCUT2D eigenvalue weighted by molar-refractivity contribution is 6.32. The van der Waals surface area contributed by atoms with Crippen LogP contribution in [-0.2, 0) is 24.9 Å². The summed E-state index contributed by atoms with van der Waals surface area (Å²) in [4.78, 5) is 11.8. The summed E-state index contributed by atoms with van der Waals surface area (Å²) < 4.78 is 23.3. The number of nitrogens with zero attached hydrogens (tertiary/aromatic N) is 11. The highest BCUT2D eigenvalue weighted by atomic mass is 35.5. The van der Waals surface area contributed by atoms with Crippen LogP contribution < -0.4 is 14.8 Å². The molecule has 0 unspecified atom stereocenters. The van der Waals surface area contributed by atoms with Crippen LogP contribution in [-0.4, -0.2) is 93.1 Å². The van der Waals surface area contributed by atoms with Crippen LogP contribution in [0.5, 0.6) is 11.6 Å². The molecule has 1 saturated carbocycles. The summed E-state index contributed by atoms with van der Waals surface area (Å²) in [7, 11) is 1.89. The minimum absolute atomic E-state index is 0.209. The number of benzene rings is 1. The second kappa shape index (κ2) is 14.7. The minimum atomic E-state index is -0.209. The zero-order chi connectivity index (χ0) is 32.9. The van der Waals surface area contributed by atoms with Gasteiger partial charge in [0.05, 0.1) is 42.7 Å². The van der Waals surface area contributed by atoms with E-state index < -0.39 is 0 Å². The molecule has 2 fully saturated rings. The largest absolute Gasteiger partial charge is 0.487 e. The number of ether oxygens (including phenoxy) is 3. The smallest absolute Gasteiger partial charge is 0.257 e. The Labute approximate surface area is 283 Å². The highest BCUT2D eigenvalue weighted by Crippen LogP contribution is 2.35. The van der Waals surface area contributed by atoms with Gasteiger partial charge in [0.2, 0.25) is 5.95 Å². The van der Waals surface area contributed by atoms with E-state index in [4.69, 9.17) is 30.9 Å². The van der Waals surface area contributed by atoms with Gasteiger partial charge in [0.25, 0.3) is 5.88 Å². The first-order valence-corrected chi connectivity index (χ1v) is 16.6. The van der Waals surface area contributed by atoms with Crippen molar-refractivity contribution in [3.63, 3.8) is 0 Å². The molecule has 1 aliphatic carbocycles. The van der Waals surface area contributed by atoms with E-state index in [-0.39, 0.29) is 12.1 Å². The molecule has 48 heavy (non-hydrogen) atoms. The van der Waals surface area contributed by atoms with Crippen molar-refractivity contribution in [3.8, 4) is 22.8 Å². The molecule has 1 aromatic carbocycles. The van der Waals surface area contributed by atoms with E-state index in [0.29, 0.717) is 47.5 Å².